The molecule has 0 amide bonds. The molecule has 1 heterocycles. The van der Waals surface area contributed by atoms with Gasteiger partial charge in [0, 0.05) is 10.2 Å². The van der Waals surface area contributed by atoms with Crippen molar-refractivity contribution in [2.24, 2.45) is 5.14 Å². The van der Waals surface area contributed by atoms with Crippen molar-refractivity contribution in [3.05, 3.63) is 23.1 Å². The van der Waals surface area contributed by atoms with Crippen LogP contribution in [0.2, 0.25) is 0 Å². The van der Waals surface area contributed by atoms with Crippen molar-refractivity contribution >= 4 is 43.4 Å². The van der Waals surface area contributed by atoms with E-state index in [1.807, 2.05) is 12.2 Å². The number of thiophene rings is 1. The van der Waals surface area contributed by atoms with E-state index in [0.717, 1.165) is 16.6 Å². The van der Waals surface area contributed by atoms with Gasteiger partial charge in [0.1, 0.15) is 4.21 Å². The number of nitrogens with two attached hydrogens (primary N) is 1. The van der Waals surface area contributed by atoms with Crippen molar-refractivity contribution in [1.82, 2.24) is 0 Å². The molecule has 14 heavy (non-hydrogen) atoms. The Bertz CT molecular complexity index is 422. The van der Waals surface area contributed by atoms with Gasteiger partial charge in [-0.25, -0.2) is 13.6 Å². The number of alkyl halides is 1. The van der Waals surface area contributed by atoms with Crippen LogP contribution in [0.15, 0.2) is 22.4 Å². The normalized spacial score (nSPS) is 12.4. The van der Waals surface area contributed by atoms with E-state index in [2.05, 4.69) is 15.9 Å². The minimum atomic E-state index is -3.54. The summed E-state index contributed by atoms with van der Waals surface area (Å²) in [5, 5.41) is 5.88. The van der Waals surface area contributed by atoms with Gasteiger partial charge in [-0.1, -0.05) is 22.0 Å². The molecule has 0 aliphatic carbocycles. The number of primary sulfonamides is 1. The van der Waals surface area contributed by atoms with E-state index >= 15 is 0 Å². The number of hydrogen-bond acceptors (Lipinski definition) is 3. The lowest BCUT2D eigenvalue weighted by atomic mass is 10.4. The smallest absolute Gasteiger partial charge is 0.224 e. The Hall–Kier alpha value is -0.170. The summed E-state index contributed by atoms with van der Waals surface area (Å²) in [7, 11) is -3.54. The molecule has 0 bridgehead atoms. The zero-order valence-electron chi connectivity index (χ0n) is 7.31. The van der Waals surface area contributed by atoms with Gasteiger partial charge in [0.15, 0.2) is 0 Å². The molecule has 0 saturated heterocycles. The summed E-state index contributed by atoms with van der Waals surface area (Å²) in [5.41, 5.74) is 0. The third-order valence-electron chi connectivity index (χ3n) is 1.44. The van der Waals surface area contributed by atoms with Crippen LogP contribution in [0.4, 0.5) is 0 Å². The lowest BCUT2D eigenvalue weighted by Gasteiger charge is -1.88. The standard InChI is InChI=1S/C8H10BrNO2S2/c9-6-2-1-3-7-4-5-8(13-7)14(10,11)12/h1,3-5H,2,6H2,(H2,10,11,12). The van der Waals surface area contributed by atoms with Gasteiger partial charge in [0.25, 0.3) is 0 Å². The van der Waals surface area contributed by atoms with Crippen LogP contribution in [-0.2, 0) is 10.0 Å². The van der Waals surface area contributed by atoms with E-state index in [-0.39, 0.29) is 4.21 Å². The highest BCUT2D eigenvalue weighted by Gasteiger charge is 2.09. The van der Waals surface area contributed by atoms with E-state index in [1.165, 1.54) is 17.4 Å². The first kappa shape index (κ1) is 11.9. The Morgan fingerprint density at radius 1 is 1.50 bits per heavy atom. The monoisotopic (exact) mass is 295 g/mol. The molecule has 78 valence electrons. The Morgan fingerprint density at radius 3 is 2.71 bits per heavy atom. The highest BCUT2D eigenvalue weighted by molar-refractivity contribution is 9.09. The lowest BCUT2D eigenvalue weighted by Crippen LogP contribution is -2.09. The summed E-state index contributed by atoms with van der Waals surface area (Å²) in [6.07, 6.45) is 4.79. The Balaban J connectivity index is 2.79. The van der Waals surface area contributed by atoms with Crippen molar-refractivity contribution in [2.75, 3.05) is 5.33 Å². The van der Waals surface area contributed by atoms with Crippen LogP contribution in [0, 0.1) is 0 Å². The molecule has 0 atom stereocenters. The maximum Gasteiger partial charge on any atom is 0.247 e. The van der Waals surface area contributed by atoms with Crippen LogP contribution in [-0.4, -0.2) is 13.7 Å². The molecule has 1 aromatic heterocycles. The van der Waals surface area contributed by atoms with Crippen molar-refractivity contribution in [3.63, 3.8) is 0 Å². The summed E-state index contributed by atoms with van der Waals surface area (Å²) in [5.74, 6) is 0. The van der Waals surface area contributed by atoms with Gasteiger partial charge in [-0.2, -0.15) is 0 Å². The second kappa shape index (κ2) is 5.06. The third-order valence-corrected chi connectivity index (χ3v) is 4.39. The van der Waals surface area contributed by atoms with Gasteiger partial charge in [0.2, 0.25) is 10.0 Å². The largest absolute Gasteiger partial charge is 0.247 e. The fraction of sp³-hybridized carbons (Fsp3) is 0.250. The number of allylic oxidation sites excluding steroid dienone is 1. The molecular formula is C8H10BrNO2S2. The average molecular weight is 296 g/mol. The fourth-order valence-corrected chi connectivity index (χ4v) is 2.78. The molecule has 2 N–H and O–H groups in total. The van der Waals surface area contributed by atoms with Gasteiger partial charge in [-0.3, -0.25) is 0 Å². The van der Waals surface area contributed by atoms with Crippen LogP contribution in [0.3, 0.4) is 0 Å². The van der Waals surface area contributed by atoms with E-state index in [0.29, 0.717) is 0 Å². The average Bonchev–Trinajstić information content (AvgIpc) is 2.52. The third kappa shape index (κ3) is 3.53. The maximum absolute atomic E-state index is 10.9. The molecular weight excluding hydrogens is 286 g/mol. The SMILES string of the molecule is NS(=O)(=O)c1ccc(C=CCCBr)s1. The quantitative estimate of drug-likeness (QED) is 0.866. The van der Waals surface area contributed by atoms with Gasteiger partial charge >= 0.3 is 0 Å². The van der Waals surface area contributed by atoms with E-state index in [1.54, 1.807) is 6.07 Å². The summed E-state index contributed by atoms with van der Waals surface area (Å²) in [6.45, 7) is 0. The minimum Gasteiger partial charge on any atom is -0.224 e. The first-order valence-electron chi connectivity index (χ1n) is 3.89. The summed E-state index contributed by atoms with van der Waals surface area (Å²) < 4.78 is 22.1. The summed E-state index contributed by atoms with van der Waals surface area (Å²) >= 11 is 4.47. The molecule has 0 unspecified atom stereocenters. The van der Waals surface area contributed by atoms with Gasteiger partial charge in [0.05, 0.1) is 0 Å². The van der Waals surface area contributed by atoms with Crippen LogP contribution in [0.5, 0.6) is 0 Å². The Morgan fingerprint density at radius 2 is 2.21 bits per heavy atom. The lowest BCUT2D eigenvalue weighted by molar-refractivity contribution is 0.600. The van der Waals surface area contributed by atoms with E-state index in [9.17, 15) is 8.42 Å². The van der Waals surface area contributed by atoms with E-state index < -0.39 is 10.0 Å². The highest BCUT2D eigenvalue weighted by Crippen LogP contribution is 2.21. The molecule has 0 spiro atoms. The topological polar surface area (TPSA) is 60.2 Å². The van der Waals surface area contributed by atoms with E-state index in [4.69, 9.17) is 5.14 Å². The van der Waals surface area contributed by atoms with Crippen molar-refractivity contribution in [3.8, 4) is 0 Å². The van der Waals surface area contributed by atoms with Crippen LogP contribution in [0.1, 0.15) is 11.3 Å². The molecule has 0 aromatic carbocycles. The summed E-state index contributed by atoms with van der Waals surface area (Å²) in [4.78, 5) is 0.898. The molecule has 6 heteroatoms. The summed E-state index contributed by atoms with van der Waals surface area (Å²) in [6, 6.07) is 3.27. The zero-order chi connectivity index (χ0) is 10.6. The number of hydrogen-bond donors (Lipinski definition) is 1. The Labute approximate surface area is 95.8 Å². The van der Waals surface area contributed by atoms with Gasteiger partial charge in [-0.15, -0.1) is 11.3 Å². The molecule has 1 aromatic rings. The molecule has 1 rings (SSSR count). The first-order valence-corrected chi connectivity index (χ1v) is 7.37. The number of rotatable bonds is 4. The molecule has 0 fully saturated rings. The van der Waals surface area contributed by atoms with Gasteiger partial charge in [-0.05, 0) is 24.6 Å². The molecule has 0 aliphatic rings. The second-order valence-corrected chi connectivity index (χ2v) is 6.28. The van der Waals surface area contributed by atoms with Crippen molar-refractivity contribution in [1.29, 1.82) is 0 Å². The number of halogens is 1. The molecule has 0 saturated carbocycles. The molecule has 3 nitrogen and oxygen atoms in total. The fourth-order valence-electron chi connectivity index (χ4n) is 0.839. The van der Waals surface area contributed by atoms with Crippen LogP contribution >= 0.6 is 27.3 Å². The predicted octanol–water partition coefficient (Wildman–Crippen LogP) is 2.19. The van der Waals surface area contributed by atoms with Gasteiger partial charge < -0.3 is 0 Å². The highest BCUT2D eigenvalue weighted by atomic mass is 79.9. The van der Waals surface area contributed by atoms with Crippen molar-refractivity contribution in [2.45, 2.75) is 10.6 Å². The molecule has 0 aliphatic heterocycles. The van der Waals surface area contributed by atoms with Crippen molar-refractivity contribution < 1.29 is 8.42 Å². The predicted molar refractivity (Wildman–Crippen MR) is 63.1 cm³/mol. The second-order valence-electron chi connectivity index (χ2n) is 2.58. The first-order chi connectivity index (χ1) is 6.54. The molecule has 0 radical (unpaired) electrons. The maximum atomic E-state index is 10.9. The zero-order valence-corrected chi connectivity index (χ0v) is 10.5. The number of sulfonamides is 1. The van der Waals surface area contributed by atoms with Crippen LogP contribution in [0.25, 0.3) is 6.08 Å². The minimum absolute atomic E-state index is 0.205. The van der Waals surface area contributed by atoms with Crippen LogP contribution < -0.4 is 5.14 Å². The Kier molecular flexibility index (Phi) is 4.31.